The number of aromatic nitrogens is 4. The summed E-state index contributed by atoms with van der Waals surface area (Å²) in [6.45, 7) is 0. The van der Waals surface area contributed by atoms with E-state index in [4.69, 9.17) is 0 Å². The lowest BCUT2D eigenvalue weighted by molar-refractivity contribution is -0.134. The Morgan fingerprint density at radius 3 is 2.24 bits per heavy atom. The van der Waals surface area contributed by atoms with Gasteiger partial charge in [-0.2, -0.15) is 13.2 Å². The minimum Gasteiger partial charge on any atom is -0.364 e. The average Bonchev–Trinajstić information content (AvgIpc) is 3.52. The second-order valence-electron chi connectivity index (χ2n) is 12.6. The van der Waals surface area contributed by atoms with Gasteiger partial charge in [0.2, 0.25) is 23.5 Å². The Bertz CT molecular complexity index is 1550. The van der Waals surface area contributed by atoms with Crippen molar-refractivity contribution in [3.8, 4) is 0 Å². The molecule has 0 spiro atoms. The van der Waals surface area contributed by atoms with Crippen molar-refractivity contribution in [3.63, 3.8) is 0 Å². The molecule has 3 saturated carbocycles. The Morgan fingerprint density at radius 2 is 1.60 bits per heavy atom. The van der Waals surface area contributed by atoms with E-state index < -0.39 is 72.4 Å². The Labute approximate surface area is 252 Å². The van der Waals surface area contributed by atoms with Crippen molar-refractivity contribution in [2.24, 2.45) is 17.8 Å². The molecule has 0 aromatic carbocycles. The van der Waals surface area contributed by atoms with Crippen LogP contribution in [0, 0.1) is 17.8 Å². The molecule has 3 aromatic rings. The standard InChI is InChI=1S/C29H31F7N6O3/c30-27(31)6-3-17(4-7-27)23(40-25(44)24-18(14-45-41-24)12-29(34,35)36)20-13-42-8-5-19(37-26(42)38-20)22(16-1-2-16)39-21(43)9-15-10-28(32,33)11-15/h5,8,13-17,22-23H,1-4,6-7,9-12H2,(H,39,43)(H,40,44)/t22-,23+/m1/s1. The number of hydrogen-bond donors (Lipinski definition) is 2. The second-order valence-corrected chi connectivity index (χ2v) is 12.6. The molecule has 9 nitrogen and oxygen atoms in total. The summed E-state index contributed by atoms with van der Waals surface area (Å²) in [6, 6.07) is 0.277. The Balaban J connectivity index is 1.23. The van der Waals surface area contributed by atoms with E-state index in [1.165, 1.54) is 0 Å². The highest BCUT2D eigenvalue weighted by Crippen LogP contribution is 2.45. The first kappa shape index (κ1) is 31.3. The van der Waals surface area contributed by atoms with Crippen LogP contribution in [0.4, 0.5) is 30.7 Å². The zero-order valence-corrected chi connectivity index (χ0v) is 23.9. The minimum absolute atomic E-state index is 0.00734. The summed E-state index contributed by atoms with van der Waals surface area (Å²) >= 11 is 0. The van der Waals surface area contributed by atoms with Crippen molar-refractivity contribution in [3.05, 3.63) is 47.4 Å². The highest BCUT2D eigenvalue weighted by molar-refractivity contribution is 5.93. The molecule has 3 heterocycles. The van der Waals surface area contributed by atoms with Gasteiger partial charge in [0.15, 0.2) is 5.69 Å². The normalized spacial score (nSPS) is 21.7. The number of rotatable bonds is 10. The van der Waals surface area contributed by atoms with Crippen molar-refractivity contribution in [2.75, 3.05) is 0 Å². The van der Waals surface area contributed by atoms with Crippen LogP contribution >= 0.6 is 0 Å². The fourth-order valence-corrected chi connectivity index (χ4v) is 6.34. The first-order valence-corrected chi connectivity index (χ1v) is 14.9. The van der Waals surface area contributed by atoms with Gasteiger partial charge in [-0.05, 0) is 49.5 Å². The molecule has 3 aromatic heterocycles. The van der Waals surface area contributed by atoms with Crippen LogP contribution in [0.5, 0.6) is 0 Å². The SMILES string of the molecule is O=C(CC1CC(F)(F)C1)N[C@@H](c1ccn2cc([C@@H](NC(=O)c3nocc3CC(F)(F)F)C3CCC(F)(F)CC3)nc2n1)C1CC1. The smallest absolute Gasteiger partial charge is 0.364 e. The van der Waals surface area contributed by atoms with Crippen molar-refractivity contribution < 1.29 is 44.8 Å². The molecule has 3 fully saturated rings. The summed E-state index contributed by atoms with van der Waals surface area (Å²) in [4.78, 5) is 35.0. The van der Waals surface area contributed by atoms with Crippen molar-refractivity contribution in [2.45, 2.75) is 94.3 Å². The van der Waals surface area contributed by atoms with Gasteiger partial charge in [-0.3, -0.25) is 14.0 Å². The summed E-state index contributed by atoms with van der Waals surface area (Å²) in [5, 5.41) is 9.04. The van der Waals surface area contributed by atoms with Crippen LogP contribution in [-0.4, -0.2) is 49.4 Å². The first-order valence-electron chi connectivity index (χ1n) is 14.9. The second kappa shape index (κ2) is 11.6. The fraction of sp³-hybridized carbons (Fsp3) is 0.621. The lowest BCUT2D eigenvalue weighted by Gasteiger charge is -2.34. The number of nitrogens with one attached hydrogen (secondary N) is 2. The maximum atomic E-state index is 14.0. The third-order valence-corrected chi connectivity index (χ3v) is 8.83. The number of nitrogens with zero attached hydrogens (tertiary/aromatic N) is 4. The molecule has 0 radical (unpaired) electrons. The van der Waals surface area contributed by atoms with Gasteiger partial charge in [0.05, 0.1) is 29.9 Å². The first-order chi connectivity index (χ1) is 21.1. The number of amides is 2. The van der Waals surface area contributed by atoms with Crippen LogP contribution in [-0.2, 0) is 11.2 Å². The molecule has 2 N–H and O–H groups in total. The van der Waals surface area contributed by atoms with Crippen molar-refractivity contribution >= 4 is 17.6 Å². The lowest BCUT2D eigenvalue weighted by Crippen LogP contribution is -2.39. The van der Waals surface area contributed by atoms with E-state index in [0.717, 1.165) is 19.1 Å². The molecule has 0 aliphatic heterocycles. The maximum absolute atomic E-state index is 14.0. The molecule has 2 atom stereocenters. The number of hydrogen-bond acceptors (Lipinski definition) is 6. The molecular formula is C29H31F7N6O3. The molecule has 6 rings (SSSR count). The predicted molar refractivity (Wildman–Crippen MR) is 142 cm³/mol. The molecule has 244 valence electrons. The monoisotopic (exact) mass is 644 g/mol. The van der Waals surface area contributed by atoms with Gasteiger partial charge in [0.1, 0.15) is 6.26 Å². The van der Waals surface area contributed by atoms with Gasteiger partial charge in [-0.25, -0.2) is 27.5 Å². The maximum Gasteiger partial charge on any atom is 0.393 e. The number of carbonyl (C=O) groups excluding carboxylic acids is 2. The lowest BCUT2D eigenvalue weighted by atomic mass is 9.79. The number of imidazole rings is 1. The van der Waals surface area contributed by atoms with E-state index in [2.05, 4.69) is 30.3 Å². The molecular weight excluding hydrogens is 613 g/mol. The van der Waals surface area contributed by atoms with Gasteiger partial charge in [0, 0.05) is 50.1 Å². The molecule has 0 saturated heterocycles. The fourth-order valence-electron chi connectivity index (χ4n) is 6.34. The van der Waals surface area contributed by atoms with Gasteiger partial charge in [-0.15, -0.1) is 0 Å². The Kier molecular flexibility index (Phi) is 8.04. The van der Waals surface area contributed by atoms with Crippen molar-refractivity contribution in [1.82, 2.24) is 30.2 Å². The van der Waals surface area contributed by atoms with E-state index >= 15 is 0 Å². The van der Waals surface area contributed by atoms with Crippen LogP contribution in [0.1, 0.15) is 97.3 Å². The zero-order chi connectivity index (χ0) is 32.1. The van der Waals surface area contributed by atoms with Crippen molar-refractivity contribution in [1.29, 1.82) is 0 Å². The van der Waals surface area contributed by atoms with Gasteiger partial charge < -0.3 is 15.2 Å². The highest BCUT2D eigenvalue weighted by Gasteiger charge is 2.46. The van der Waals surface area contributed by atoms with Crippen LogP contribution in [0.15, 0.2) is 29.2 Å². The van der Waals surface area contributed by atoms with Crippen LogP contribution in [0.25, 0.3) is 5.78 Å². The number of alkyl halides is 7. The van der Waals surface area contributed by atoms with Crippen LogP contribution in [0.3, 0.4) is 0 Å². The van der Waals surface area contributed by atoms with Gasteiger partial charge in [0.25, 0.3) is 5.91 Å². The summed E-state index contributed by atoms with van der Waals surface area (Å²) in [7, 11) is 0. The topological polar surface area (TPSA) is 114 Å². The molecule has 3 aliphatic carbocycles. The number of fused-ring (bicyclic) bond motifs is 1. The summed E-state index contributed by atoms with van der Waals surface area (Å²) < 4.78 is 99.8. The number of halogens is 7. The van der Waals surface area contributed by atoms with Gasteiger partial charge in [-0.1, -0.05) is 5.16 Å². The average molecular weight is 645 g/mol. The summed E-state index contributed by atoms with van der Waals surface area (Å²) in [5.74, 6) is -7.46. The number of carbonyl (C=O) groups is 2. The highest BCUT2D eigenvalue weighted by atomic mass is 19.4. The molecule has 3 aliphatic rings. The quantitative estimate of drug-likeness (QED) is 0.257. The third-order valence-electron chi connectivity index (χ3n) is 8.83. The van der Waals surface area contributed by atoms with E-state index in [0.29, 0.717) is 5.69 Å². The summed E-state index contributed by atoms with van der Waals surface area (Å²) in [6.07, 6.45) is -1.85. The van der Waals surface area contributed by atoms with E-state index in [9.17, 15) is 40.3 Å². The zero-order valence-electron chi connectivity index (χ0n) is 23.9. The Hall–Kier alpha value is -3.72. The van der Waals surface area contributed by atoms with Crippen LogP contribution in [0.2, 0.25) is 0 Å². The predicted octanol–water partition coefficient (Wildman–Crippen LogP) is 6.12. The largest absolute Gasteiger partial charge is 0.393 e. The minimum atomic E-state index is -4.62. The summed E-state index contributed by atoms with van der Waals surface area (Å²) in [5.41, 5.74) is -0.251. The van der Waals surface area contributed by atoms with E-state index in [1.807, 2.05) is 0 Å². The molecule has 45 heavy (non-hydrogen) atoms. The van der Waals surface area contributed by atoms with Crippen LogP contribution < -0.4 is 10.6 Å². The molecule has 0 bridgehead atoms. The molecule has 2 amide bonds. The molecule has 0 unspecified atom stereocenters. The molecule has 16 heteroatoms. The Morgan fingerprint density at radius 1 is 0.956 bits per heavy atom. The third kappa shape index (κ3) is 7.40. The van der Waals surface area contributed by atoms with E-state index in [1.54, 1.807) is 22.9 Å². The van der Waals surface area contributed by atoms with E-state index in [-0.39, 0.29) is 61.3 Å². The van der Waals surface area contributed by atoms with Gasteiger partial charge >= 0.3 is 6.18 Å².